The number of anilines is 1. The van der Waals surface area contributed by atoms with Crippen molar-refractivity contribution in [3.8, 4) is 11.3 Å². The van der Waals surface area contributed by atoms with Crippen molar-refractivity contribution >= 4 is 17.7 Å². The van der Waals surface area contributed by atoms with Crippen molar-refractivity contribution in [2.45, 2.75) is 32.9 Å². The van der Waals surface area contributed by atoms with Crippen molar-refractivity contribution in [2.24, 2.45) is 0 Å². The van der Waals surface area contributed by atoms with E-state index in [1.54, 1.807) is 51.4 Å². The summed E-state index contributed by atoms with van der Waals surface area (Å²) in [7, 11) is 1.24. The van der Waals surface area contributed by atoms with Crippen molar-refractivity contribution < 1.29 is 19.1 Å². The first-order valence-electron chi connectivity index (χ1n) is 7.92. The van der Waals surface area contributed by atoms with Gasteiger partial charge in [0, 0.05) is 18.0 Å². The highest BCUT2D eigenvalue weighted by atomic mass is 16.6. The Bertz CT molecular complexity index is 853. The van der Waals surface area contributed by atoms with E-state index in [2.05, 4.69) is 15.0 Å². The van der Waals surface area contributed by atoms with E-state index in [1.807, 2.05) is 0 Å². The summed E-state index contributed by atoms with van der Waals surface area (Å²) >= 11 is 0. The summed E-state index contributed by atoms with van der Waals surface area (Å²) < 4.78 is 11.0. The van der Waals surface area contributed by atoms with Gasteiger partial charge in [-0.3, -0.25) is 24.5 Å². The molecule has 8 heteroatoms. The molecule has 0 bridgehead atoms. The maximum atomic E-state index is 12.8. The van der Waals surface area contributed by atoms with Crippen LogP contribution in [0.1, 0.15) is 20.8 Å². The summed E-state index contributed by atoms with van der Waals surface area (Å²) in [5.41, 5.74) is -0.0505. The minimum absolute atomic E-state index is 0.000888. The summed E-state index contributed by atoms with van der Waals surface area (Å²) in [4.78, 5) is 40.4. The maximum Gasteiger partial charge on any atom is 0.412 e. The van der Waals surface area contributed by atoms with Crippen LogP contribution < -0.4 is 10.9 Å². The lowest BCUT2D eigenvalue weighted by atomic mass is 10.1. The molecule has 26 heavy (non-hydrogen) atoms. The third-order valence-corrected chi connectivity index (χ3v) is 3.30. The van der Waals surface area contributed by atoms with Gasteiger partial charge < -0.3 is 9.47 Å². The molecule has 138 valence electrons. The first kappa shape index (κ1) is 19.2. The van der Waals surface area contributed by atoms with Crippen LogP contribution in [0.4, 0.5) is 10.5 Å². The van der Waals surface area contributed by atoms with Crippen molar-refractivity contribution in [2.75, 3.05) is 12.4 Å². The topological polar surface area (TPSA) is 99.5 Å². The molecule has 0 aromatic carbocycles. The fourth-order valence-electron chi connectivity index (χ4n) is 2.21. The average molecular weight is 359 g/mol. The van der Waals surface area contributed by atoms with Gasteiger partial charge in [-0.25, -0.2) is 4.79 Å². The molecule has 1 amide bonds. The Morgan fingerprint density at radius 2 is 1.81 bits per heavy atom. The number of rotatable bonds is 4. The van der Waals surface area contributed by atoms with E-state index in [9.17, 15) is 14.4 Å². The summed E-state index contributed by atoms with van der Waals surface area (Å²) in [6.45, 7) is 4.86. The van der Waals surface area contributed by atoms with Gasteiger partial charge in [0.05, 0.1) is 12.8 Å². The molecule has 0 saturated heterocycles. The third kappa shape index (κ3) is 4.92. The molecule has 0 fully saturated rings. The molecule has 0 aliphatic rings. The zero-order chi connectivity index (χ0) is 19.3. The summed E-state index contributed by atoms with van der Waals surface area (Å²) in [5.74, 6) is -0.586. The molecular formula is C18H21N3O5. The lowest BCUT2D eigenvalue weighted by Gasteiger charge is -2.20. The zero-order valence-electron chi connectivity index (χ0n) is 15.1. The second kappa shape index (κ2) is 7.81. The number of nitrogens with zero attached hydrogens (tertiary/aromatic N) is 2. The highest BCUT2D eigenvalue weighted by molar-refractivity contribution is 5.85. The van der Waals surface area contributed by atoms with Crippen LogP contribution in [0.3, 0.4) is 0 Å². The number of amides is 1. The Hall–Kier alpha value is -3.16. The van der Waals surface area contributed by atoms with Gasteiger partial charge in [0.25, 0.3) is 5.56 Å². The van der Waals surface area contributed by atoms with Gasteiger partial charge in [-0.2, -0.15) is 0 Å². The Morgan fingerprint density at radius 1 is 1.15 bits per heavy atom. The Kier molecular flexibility index (Phi) is 5.76. The SMILES string of the molecule is COC(=O)Cn1c(-c2ccncc2)ccc(NC(=O)OC(C)(C)C)c1=O. The molecule has 0 unspecified atom stereocenters. The van der Waals surface area contributed by atoms with E-state index < -0.39 is 23.2 Å². The van der Waals surface area contributed by atoms with Gasteiger partial charge in [0.15, 0.2) is 0 Å². The quantitative estimate of drug-likeness (QED) is 0.842. The van der Waals surface area contributed by atoms with Crippen molar-refractivity contribution in [3.63, 3.8) is 0 Å². The molecule has 2 aromatic heterocycles. The number of esters is 1. The predicted octanol–water partition coefficient (Wildman–Crippen LogP) is 2.43. The number of carbonyl (C=O) groups is 2. The molecule has 0 radical (unpaired) electrons. The minimum atomic E-state index is -0.754. The summed E-state index contributed by atoms with van der Waals surface area (Å²) in [5, 5.41) is 2.42. The number of aromatic nitrogens is 2. The van der Waals surface area contributed by atoms with Gasteiger partial charge in [-0.1, -0.05) is 0 Å². The number of hydrogen-bond acceptors (Lipinski definition) is 6. The highest BCUT2D eigenvalue weighted by Gasteiger charge is 2.19. The van der Waals surface area contributed by atoms with E-state index in [4.69, 9.17) is 4.74 Å². The maximum absolute atomic E-state index is 12.8. The highest BCUT2D eigenvalue weighted by Crippen LogP contribution is 2.19. The van der Waals surface area contributed by atoms with E-state index in [0.29, 0.717) is 11.3 Å². The molecule has 2 heterocycles. The molecule has 0 aliphatic heterocycles. The van der Waals surface area contributed by atoms with Crippen LogP contribution in [-0.4, -0.2) is 34.3 Å². The predicted molar refractivity (Wildman–Crippen MR) is 95.8 cm³/mol. The Labute approximate surface area is 150 Å². The summed E-state index contributed by atoms with van der Waals surface area (Å²) in [6.07, 6.45) is 2.40. The smallest absolute Gasteiger partial charge is 0.412 e. The monoisotopic (exact) mass is 359 g/mol. The Balaban J connectivity index is 2.44. The lowest BCUT2D eigenvalue weighted by Crippen LogP contribution is -2.32. The Morgan fingerprint density at radius 3 is 2.38 bits per heavy atom. The van der Waals surface area contributed by atoms with Gasteiger partial charge >= 0.3 is 12.1 Å². The summed E-state index contributed by atoms with van der Waals surface area (Å²) in [6, 6.07) is 6.52. The fourth-order valence-corrected chi connectivity index (χ4v) is 2.21. The van der Waals surface area contributed by atoms with Crippen LogP contribution in [0.2, 0.25) is 0 Å². The molecule has 8 nitrogen and oxygen atoms in total. The van der Waals surface area contributed by atoms with Gasteiger partial charge in [0.2, 0.25) is 0 Å². The van der Waals surface area contributed by atoms with Gasteiger partial charge in [-0.15, -0.1) is 0 Å². The van der Waals surface area contributed by atoms with Crippen molar-refractivity contribution in [1.29, 1.82) is 0 Å². The second-order valence-corrected chi connectivity index (χ2v) is 6.46. The second-order valence-electron chi connectivity index (χ2n) is 6.46. The van der Waals surface area contributed by atoms with Gasteiger partial charge in [-0.05, 0) is 45.0 Å². The number of carbonyl (C=O) groups excluding carboxylic acids is 2. The molecule has 1 N–H and O–H groups in total. The van der Waals surface area contributed by atoms with Gasteiger partial charge in [0.1, 0.15) is 17.8 Å². The minimum Gasteiger partial charge on any atom is -0.468 e. The van der Waals surface area contributed by atoms with E-state index in [0.717, 1.165) is 0 Å². The first-order chi connectivity index (χ1) is 12.2. The van der Waals surface area contributed by atoms with Crippen LogP contribution in [0, 0.1) is 0 Å². The number of ether oxygens (including phenoxy) is 2. The van der Waals surface area contributed by atoms with E-state index in [1.165, 1.54) is 17.7 Å². The fraction of sp³-hybridized carbons (Fsp3) is 0.333. The largest absolute Gasteiger partial charge is 0.468 e. The number of methoxy groups -OCH3 is 1. The molecule has 2 aromatic rings. The molecular weight excluding hydrogens is 338 g/mol. The van der Waals surface area contributed by atoms with Crippen LogP contribution in [0.15, 0.2) is 41.5 Å². The van der Waals surface area contributed by atoms with Crippen LogP contribution in [0.25, 0.3) is 11.3 Å². The van der Waals surface area contributed by atoms with Crippen LogP contribution in [0.5, 0.6) is 0 Å². The van der Waals surface area contributed by atoms with E-state index in [-0.39, 0.29) is 12.2 Å². The average Bonchev–Trinajstić information content (AvgIpc) is 2.57. The number of hydrogen-bond donors (Lipinski definition) is 1. The van der Waals surface area contributed by atoms with Crippen LogP contribution in [-0.2, 0) is 20.8 Å². The van der Waals surface area contributed by atoms with E-state index >= 15 is 0 Å². The lowest BCUT2D eigenvalue weighted by molar-refractivity contribution is -0.141. The van der Waals surface area contributed by atoms with Crippen molar-refractivity contribution in [3.05, 3.63) is 47.0 Å². The standard InChI is InChI=1S/C18H21N3O5/c1-18(2,3)26-17(24)20-13-5-6-14(12-7-9-19-10-8-12)21(16(13)23)11-15(22)25-4/h5-10H,11H2,1-4H3,(H,20,24). The number of nitrogens with one attached hydrogen (secondary N) is 1. The molecule has 2 rings (SSSR count). The number of pyridine rings is 2. The van der Waals surface area contributed by atoms with Crippen molar-refractivity contribution in [1.82, 2.24) is 9.55 Å². The normalized spacial score (nSPS) is 10.9. The zero-order valence-corrected chi connectivity index (χ0v) is 15.1. The molecule has 0 aliphatic carbocycles. The molecule has 0 spiro atoms. The molecule has 0 atom stereocenters. The van der Waals surface area contributed by atoms with Crippen LogP contribution >= 0.6 is 0 Å². The first-order valence-corrected chi connectivity index (χ1v) is 7.92. The molecule has 0 saturated carbocycles. The third-order valence-electron chi connectivity index (χ3n) is 3.30.